The van der Waals surface area contributed by atoms with Crippen LogP contribution in [-0.4, -0.2) is 18.0 Å². The highest BCUT2D eigenvalue weighted by molar-refractivity contribution is 5.87. The van der Waals surface area contributed by atoms with Crippen molar-refractivity contribution in [2.45, 2.75) is 51.1 Å². The molecule has 0 aliphatic carbocycles. The topological polar surface area (TPSA) is 41.1 Å². The summed E-state index contributed by atoms with van der Waals surface area (Å²) in [5.41, 5.74) is 0.818. The quantitative estimate of drug-likeness (QED) is 0.854. The van der Waals surface area contributed by atoms with Crippen LogP contribution in [0.25, 0.3) is 0 Å². The van der Waals surface area contributed by atoms with Gasteiger partial charge in [0.2, 0.25) is 5.91 Å². The molecule has 19 heavy (non-hydrogen) atoms. The van der Waals surface area contributed by atoms with Crippen LogP contribution < -0.4 is 10.6 Å². The Balaban J connectivity index is 2.03. The second kappa shape index (κ2) is 6.20. The molecule has 0 bridgehead atoms. The van der Waals surface area contributed by atoms with Gasteiger partial charge in [0.05, 0.1) is 11.6 Å². The zero-order valence-corrected chi connectivity index (χ0v) is 11.9. The standard InChI is InChI=1S/C16H24N2O/c1-3-10-16(11-7-12-17-16)15(19)18-13(2)14-8-5-4-6-9-14/h4-6,8-9,13,17H,3,7,10-12H2,1-2H3,(H,18,19). The Bertz CT molecular complexity index is 410. The predicted octanol–water partition coefficient (Wildman–Crippen LogP) is 2.79. The van der Waals surface area contributed by atoms with Crippen LogP contribution in [0.4, 0.5) is 0 Å². The van der Waals surface area contributed by atoms with E-state index in [1.807, 2.05) is 25.1 Å². The van der Waals surface area contributed by atoms with Gasteiger partial charge in [-0.25, -0.2) is 0 Å². The lowest BCUT2D eigenvalue weighted by Gasteiger charge is -2.29. The van der Waals surface area contributed by atoms with Gasteiger partial charge in [-0.3, -0.25) is 4.79 Å². The van der Waals surface area contributed by atoms with Crippen LogP contribution >= 0.6 is 0 Å². The fraction of sp³-hybridized carbons (Fsp3) is 0.562. The average molecular weight is 260 g/mol. The van der Waals surface area contributed by atoms with Crippen molar-refractivity contribution >= 4 is 5.91 Å². The maximum absolute atomic E-state index is 12.6. The first kappa shape index (κ1) is 14.1. The molecule has 1 fully saturated rings. The van der Waals surface area contributed by atoms with Gasteiger partial charge in [-0.1, -0.05) is 43.7 Å². The molecule has 3 heteroatoms. The molecule has 2 N–H and O–H groups in total. The smallest absolute Gasteiger partial charge is 0.240 e. The molecule has 1 amide bonds. The monoisotopic (exact) mass is 260 g/mol. The van der Waals surface area contributed by atoms with Crippen LogP contribution in [-0.2, 0) is 4.79 Å². The van der Waals surface area contributed by atoms with E-state index in [1.54, 1.807) is 0 Å². The molecule has 1 aliphatic heterocycles. The molecule has 0 saturated carbocycles. The molecule has 0 spiro atoms. The maximum atomic E-state index is 12.6. The second-order valence-electron chi connectivity index (χ2n) is 5.47. The molecule has 0 radical (unpaired) electrons. The van der Waals surface area contributed by atoms with Crippen molar-refractivity contribution in [3.05, 3.63) is 35.9 Å². The number of carbonyl (C=O) groups is 1. The average Bonchev–Trinajstić information content (AvgIpc) is 2.90. The molecule has 1 aromatic rings. The first-order valence-electron chi connectivity index (χ1n) is 7.29. The molecule has 3 nitrogen and oxygen atoms in total. The molecule has 0 aromatic heterocycles. The minimum atomic E-state index is -0.336. The minimum Gasteiger partial charge on any atom is -0.348 e. The number of rotatable bonds is 5. The van der Waals surface area contributed by atoms with Gasteiger partial charge >= 0.3 is 0 Å². The summed E-state index contributed by atoms with van der Waals surface area (Å²) in [7, 11) is 0. The van der Waals surface area contributed by atoms with Crippen LogP contribution in [0, 0.1) is 0 Å². The summed E-state index contributed by atoms with van der Waals surface area (Å²) in [5.74, 6) is 0.156. The lowest BCUT2D eigenvalue weighted by Crippen LogP contribution is -2.53. The fourth-order valence-electron chi connectivity index (χ4n) is 2.91. The fourth-order valence-corrected chi connectivity index (χ4v) is 2.91. The third-order valence-corrected chi connectivity index (χ3v) is 4.00. The molecule has 1 aromatic carbocycles. The third kappa shape index (κ3) is 3.16. The van der Waals surface area contributed by atoms with Gasteiger partial charge in [-0.2, -0.15) is 0 Å². The van der Waals surface area contributed by atoms with Crippen LogP contribution in [0.15, 0.2) is 30.3 Å². The predicted molar refractivity (Wildman–Crippen MR) is 77.9 cm³/mol. The molecule has 1 aliphatic rings. The zero-order valence-electron chi connectivity index (χ0n) is 11.9. The molecular formula is C16H24N2O. The second-order valence-corrected chi connectivity index (χ2v) is 5.47. The Kier molecular flexibility index (Phi) is 4.59. The number of carbonyl (C=O) groups excluding carboxylic acids is 1. The van der Waals surface area contributed by atoms with Gasteiger partial charge in [0.1, 0.15) is 0 Å². The summed E-state index contributed by atoms with van der Waals surface area (Å²) >= 11 is 0. The van der Waals surface area contributed by atoms with Crippen LogP contribution in [0.2, 0.25) is 0 Å². The van der Waals surface area contributed by atoms with Gasteiger partial charge in [0.15, 0.2) is 0 Å². The van der Waals surface area contributed by atoms with Gasteiger partial charge in [-0.05, 0) is 38.3 Å². The van der Waals surface area contributed by atoms with E-state index in [2.05, 4.69) is 29.7 Å². The third-order valence-electron chi connectivity index (χ3n) is 4.00. The molecule has 2 atom stereocenters. The maximum Gasteiger partial charge on any atom is 0.240 e. The van der Waals surface area contributed by atoms with E-state index in [0.717, 1.165) is 37.8 Å². The number of benzene rings is 1. The molecule has 2 rings (SSSR count). The SMILES string of the molecule is CCCC1(C(=O)NC(C)c2ccccc2)CCCN1. The Hall–Kier alpha value is -1.35. The summed E-state index contributed by atoms with van der Waals surface area (Å²) < 4.78 is 0. The van der Waals surface area contributed by atoms with Crippen LogP contribution in [0.3, 0.4) is 0 Å². The normalized spacial score (nSPS) is 24.1. The Morgan fingerprint density at radius 2 is 2.16 bits per heavy atom. The van der Waals surface area contributed by atoms with Crippen molar-refractivity contribution in [3.8, 4) is 0 Å². The highest BCUT2D eigenvalue weighted by Gasteiger charge is 2.40. The summed E-state index contributed by atoms with van der Waals surface area (Å²) in [6.07, 6.45) is 3.99. The van der Waals surface area contributed by atoms with Crippen molar-refractivity contribution < 1.29 is 4.79 Å². The van der Waals surface area contributed by atoms with Gasteiger partial charge in [-0.15, -0.1) is 0 Å². The van der Waals surface area contributed by atoms with Crippen molar-refractivity contribution in [2.24, 2.45) is 0 Å². The van der Waals surface area contributed by atoms with Crippen molar-refractivity contribution in [2.75, 3.05) is 6.54 Å². The number of amides is 1. The van der Waals surface area contributed by atoms with Crippen LogP contribution in [0.1, 0.15) is 51.1 Å². The van der Waals surface area contributed by atoms with Crippen molar-refractivity contribution in [1.82, 2.24) is 10.6 Å². The molecule has 2 unspecified atom stereocenters. The van der Waals surface area contributed by atoms with E-state index in [-0.39, 0.29) is 17.5 Å². The lowest BCUT2D eigenvalue weighted by atomic mass is 9.90. The minimum absolute atomic E-state index is 0.0600. The first-order chi connectivity index (χ1) is 9.18. The van der Waals surface area contributed by atoms with Gasteiger partial charge in [0, 0.05) is 0 Å². The van der Waals surface area contributed by atoms with Crippen LogP contribution in [0.5, 0.6) is 0 Å². The molecule has 104 valence electrons. The Labute approximate surface area is 115 Å². The number of nitrogens with one attached hydrogen (secondary N) is 2. The Morgan fingerprint density at radius 1 is 1.42 bits per heavy atom. The summed E-state index contributed by atoms with van der Waals surface area (Å²) in [6, 6.07) is 10.2. The van der Waals surface area contributed by atoms with Gasteiger partial charge in [0.25, 0.3) is 0 Å². The number of hydrogen-bond donors (Lipinski definition) is 2. The molecule has 1 heterocycles. The highest BCUT2D eigenvalue weighted by atomic mass is 16.2. The van der Waals surface area contributed by atoms with Gasteiger partial charge < -0.3 is 10.6 Å². The number of hydrogen-bond acceptors (Lipinski definition) is 2. The first-order valence-corrected chi connectivity index (χ1v) is 7.29. The van der Waals surface area contributed by atoms with E-state index in [4.69, 9.17) is 0 Å². The summed E-state index contributed by atoms with van der Waals surface area (Å²) in [6.45, 7) is 5.13. The summed E-state index contributed by atoms with van der Waals surface area (Å²) in [5, 5.41) is 6.58. The van der Waals surface area contributed by atoms with Crippen molar-refractivity contribution in [1.29, 1.82) is 0 Å². The van der Waals surface area contributed by atoms with E-state index in [1.165, 1.54) is 0 Å². The molecular weight excluding hydrogens is 236 g/mol. The summed E-state index contributed by atoms with van der Waals surface area (Å²) in [4.78, 5) is 12.6. The van der Waals surface area contributed by atoms with Crippen molar-refractivity contribution in [3.63, 3.8) is 0 Å². The van der Waals surface area contributed by atoms with E-state index in [0.29, 0.717) is 0 Å². The largest absolute Gasteiger partial charge is 0.348 e. The van der Waals surface area contributed by atoms with E-state index >= 15 is 0 Å². The van der Waals surface area contributed by atoms with E-state index in [9.17, 15) is 4.79 Å². The molecule has 1 saturated heterocycles. The lowest BCUT2D eigenvalue weighted by molar-refractivity contribution is -0.128. The van der Waals surface area contributed by atoms with E-state index < -0.39 is 0 Å². The highest BCUT2D eigenvalue weighted by Crippen LogP contribution is 2.26. The zero-order chi connectivity index (χ0) is 13.7. The Morgan fingerprint density at radius 3 is 2.74 bits per heavy atom.